The average molecular weight is 540 g/mol. The van der Waals surface area contributed by atoms with Crippen LogP contribution in [-0.4, -0.2) is 41.8 Å². The van der Waals surface area contributed by atoms with Crippen LogP contribution in [0.5, 0.6) is 0 Å². The van der Waals surface area contributed by atoms with Crippen molar-refractivity contribution in [2.75, 3.05) is 18.0 Å². The summed E-state index contributed by atoms with van der Waals surface area (Å²) in [4.78, 5) is 42.9. The van der Waals surface area contributed by atoms with E-state index in [2.05, 4.69) is 5.32 Å². The lowest BCUT2D eigenvalue weighted by molar-refractivity contribution is -0.141. The Morgan fingerprint density at radius 1 is 1.00 bits per heavy atom. The maximum atomic E-state index is 13.6. The quantitative estimate of drug-likeness (QED) is 0.314. The van der Waals surface area contributed by atoms with Crippen LogP contribution < -0.4 is 10.2 Å². The predicted octanol–water partition coefficient (Wildman–Crippen LogP) is 6.22. The van der Waals surface area contributed by atoms with E-state index in [9.17, 15) is 14.4 Å². The number of rotatable bonds is 11. The molecule has 0 saturated heterocycles. The molecule has 1 aliphatic heterocycles. The Hall–Kier alpha value is -3.09. The Bertz CT molecular complexity index is 1300. The summed E-state index contributed by atoms with van der Waals surface area (Å²) in [5, 5.41) is 5.78. The first-order valence-corrected chi connectivity index (χ1v) is 13.5. The lowest BCUT2D eigenvalue weighted by atomic mass is 10.1. The molecule has 37 heavy (non-hydrogen) atoms. The number of nitrogens with one attached hydrogen (secondary N) is 1. The summed E-state index contributed by atoms with van der Waals surface area (Å²) in [5.41, 5.74) is 2.17. The Kier molecular flexibility index (Phi) is 8.72. The molecule has 3 aromatic carbocycles. The number of hydrogen-bond acceptors (Lipinski definition) is 3. The molecular weight excluding hydrogens is 509 g/mol. The molecule has 0 aliphatic carbocycles. The summed E-state index contributed by atoms with van der Waals surface area (Å²) in [5.74, 6) is -0.432. The van der Waals surface area contributed by atoms with Gasteiger partial charge in [0.15, 0.2) is 0 Å². The third-order valence-electron chi connectivity index (χ3n) is 6.75. The molecule has 194 valence electrons. The highest BCUT2D eigenvalue weighted by Gasteiger charge is 2.31. The fraction of sp³-hybridized carbons (Fsp3) is 0.345. The van der Waals surface area contributed by atoms with Crippen molar-refractivity contribution < 1.29 is 14.4 Å². The molecule has 0 saturated carbocycles. The summed E-state index contributed by atoms with van der Waals surface area (Å²) in [6.07, 6.45) is 1.88. The van der Waals surface area contributed by atoms with Crippen molar-refractivity contribution in [3.05, 3.63) is 75.8 Å². The number of benzene rings is 3. The van der Waals surface area contributed by atoms with Crippen LogP contribution in [-0.2, 0) is 16.1 Å². The van der Waals surface area contributed by atoms with Crippen LogP contribution in [0.25, 0.3) is 10.8 Å². The van der Waals surface area contributed by atoms with Gasteiger partial charge in [0.2, 0.25) is 11.8 Å². The van der Waals surface area contributed by atoms with E-state index in [0.29, 0.717) is 47.1 Å². The number of carbonyl (C=O) groups is 3. The summed E-state index contributed by atoms with van der Waals surface area (Å²) in [6.45, 7) is 4.92. The highest BCUT2D eigenvalue weighted by atomic mass is 35.5. The number of hydrogen-bond donors (Lipinski definition) is 1. The van der Waals surface area contributed by atoms with Gasteiger partial charge in [0, 0.05) is 52.6 Å². The van der Waals surface area contributed by atoms with Gasteiger partial charge in [0.1, 0.15) is 6.04 Å². The summed E-state index contributed by atoms with van der Waals surface area (Å²) in [7, 11) is 0. The second-order valence-electron chi connectivity index (χ2n) is 9.18. The second-order valence-corrected chi connectivity index (χ2v) is 9.99. The third-order valence-corrected chi connectivity index (χ3v) is 7.45. The van der Waals surface area contributed by atoms with Gasteiger partial charge in [-0.15, -0.1) is 0 Å². The average Bonchev–Trinajstić information content (AvgIpc) is 3.17. The van der Waals surface area contributed by atoms with Crippen LogP contribution in [0.2, 0.25) is 10.0 Å². The van der Waals surface area contributed by atoms with Crippen LogP contribution in [0.3, 0.4) is 0 Å². The number of carbonyl (C=O) groups excluding carboxylic acids is 3. The predicted molar refractivity (Wildman–Crippen MR) is 149 cm³/mol. The third kappa shape index (κ3) is 5.60. The van der Waals surface area contributed by atoms with Crippen molar-refractivity contribution in [2.24, 2.45) is 0 Å². The summed E-state index contributed by atoms with van der Waals surface area (Å²) < 4.78 is 0. The van der Waals surface area contributed by atoms with E-state index in [-0.39, 0.29) is 30.7 Å². The monoisotopic (exact) mass is 539 g/mol. The van der Waals surface area contributed by atoms with Gasteiger partial charge in [-0.1, -0.05) is 67.4 Å². The van der Waals surface area contributed by atoms with Gasteiger partial charge < -0.3 is 15.1 Å². The van der Waals surface area contributed by atoms with Gasteiger partial charge in [0.25, 0.3) is 5.91 Å². The van der Waals surface area contributed by atoms with Gasteiger partial charge in [-0.2, -0.15) is 0 Å². The van der Waals surface area contributed by atoms with Crippen LogP contribution in [0.4, 0.5) is 5.69 Å². The molecule has 1 atom stereocenters. The second kappa shape index (κ2) is 12.0. The minimum atomic E-state index is -0.655. The maximum Gasteiger partial charge on any atom is 0.258 e. The standard InChI is InChI=1S/C29H31Cl2N3O3/c1-3-16-32-28(36)24(4-2)34(18-21-22(30)12-7-13-23(21)31)26(35)15-8-17-33-25-14-6-10-19-9-5-11-20(27(19)25)29(33)37/h5-7,9-14,24H,3-4,8,15-18H2,1-2H3,(H,32,36). The van der Waals surface area contributed by atoms with E-state index in [4.69, 9.17) is 23.2 Å². The van der Waals surface area contributed by atoms with Gasteiger partial charge in [0.05, 0.1) is 5.69 Å². The zero-order valence-electron chi connectivity index (χ0n) is 21.1. The molecule has 3 aromatic rings. The normalized spacial score (nSPS) is 13.2. The van der Waals surface area contributed by atoms with Gasteiger partial charge in [-0.05, 0) is 48.9 Å². The van der Waals surface area contributed by atoms with Crippen molar-refractivity contribution in [3.63, 3.8) is 0 Å². The minimum Gasteiger partial charge on any atom is -0.354 e. The van der Waals surface area contributed by atoms with Crippen molar-refractivity contribution in [3.8, 4) is 0 Å². The van der Waals surface area contributed by atoms with Crippen molar-refractivity contribution >= 4 is 57.4 Å². The van der Waals surface area contributed by atoms with E-state index in [0.717, 1.165) is 22.9 Å². The van der Waals surface area contributed by atoms with Crippen molar-refractivity contribution in [1.82, 2.24) is 10.2 Å². The van der Waals surface area contributed by atoms with E-state index < -0.39 is 6.04 Å². The molecule has 0 bridgehead atoms. The van der Waals surface area contributed by atoms with Crippen LogP contribution in [0.1, 0.15) is 55.5 Å². The first-order chi connectivity index (χ1) is 17.9. The fourth-order valence-electron chi connectivity index (χ4n) is 4.87. The summed E-state index contributed by atoms with van der Waals surface area (Å²) >= 11 is 12.8. The number of anilines is 1. The largest absolute Gasteiger partial charge is 0.354 e. The number of halogens is 2. The topological polar surface area (TPSA) is 69.7 Å². The van der Waals surface area contributed by atoms with Crippen LogP contribution >= 0.6 is 23.2 Å². The molecule has 8 heteroatoms. The van der Waals surface area contributed by atoms with Gasteiger partial charge >= 0.3 is 0 Å². The molecule has 0 aromatic heterocycles. The fourth-order valence-corrected chi connectivity index (χ4v) is 5.39. The van der Waals surface area contributed by atoms with E-state index >= 15 is 0 Å². The number of amides is 3. The number of nitrogens with zero attached hydrogens (tertiary/aromatic N) is 2. The molecule has 0 fully saturated rings. The van der Waals surface area contributed by atoms with Gasteiger partial charge in [-0.25, -0.2) is 0 Å². The Balaban J connectivity index is 1.51. The molecule has 0 spiro atoms. The first kappa shape index (κ1) is 27.0. The highest BCUT2D eigenvalue weighted by molar-refractivity contribution is 6.36. The van der Waals surface area contributed by atoms with E-state index in [1.807, 2.05) is 50.2 Å². The van der Waals surface area contributed by atoms with E-state index in [1.54, 1.807) is 28.0 Å². The van der Waals surface area contributed by atoms with Gasteiger partial charge in [-0.3, -0.25) is 14.4 Å². The smallest absolute Gasteiger partial charge is 0.258 e. The molecule has 4 rings (SSSR count). The van der Waals surface area contributed by atoms with Crippen LogP contribution in [0.15, 0.2) is 54.6 Å². The molecule has 1 unspecified atom stereocenters. The molecule has 1 N–H and O–H groups in total. The SMILES string of the molecule is CCCNC(=O)C(CC)N(Cc1c(Cl)cccc1Cl)C(=O)CCCN1C(=O)c2cccc3cccc1c23. The molecule has 1 aliphatic rings. The minimum absolute atomic E-state index is 0.0515. The molecule has 3 amide bonds. The molecule has 6 nitrogen and oxygen atoms in total. The Labute approximate surface area is 227 Å². The Morgan fingerprint density at radius 3 is 2.35 bits per heavy atom. The Morgan fingerprint density at radius 2 is 1.68 bits per heavy atom. The molecule has 1 heterocycles. The molecular formula is C29H31Cl2N3O3. The lowest BCUT2D eigenvalue weighted by Gasteiger charge is -2.31. The first-order valence-electron chi connectivity index (χ1n) is 12.7. The van der Waals surface area contributed by atoms with Crippen molar-refractivity contribution in [1.29, 1.82) is 0 Å². The lowest BCUT2D eigenvalue weighted by Crippen LogP contribution is -2.49. The van der Waals surface area contributed by atoms with Crippen LogP contribution in [0, 0.1) is 0 Å². The van der Waals surface area contributed by atoms with Crippen molar-refractivity contribution in [2.45, 2.75) is 52.1 Å². The molecule has 0 radical (unpaired) electrons. The zero-order valence-corrected chi connectivity index (χ0v) is 22.6. The maximum absolute atomic E-state index is 13.6. The summed E-state index contributed by atoms with van der Waals surface area (Å²) in [6, 6.07) is 16.1. The van der Waals surface area contributed by atoms with E-state index in [1.165, 1.54) is 0 Å². The highest BCUT2D eigenvalue weighted by Crippen LogP contribution is 2.37. The zero-order chi connectivity index (χ0) is 26.5.